The van der Waals surface area contributed by atoms with E-state index in [1.165, 1.54) is 11.4 Å². The van der Waals surface area contributed by atoms with Crippen LogP contribution in [-0.4, -0.2) is 48.6 Å². The Morgan fingerprint density at radius 2 is 1.68 bits per heavy atom. The summed E-state index contributed by atoms with van der Waals surface area (Å²) in [6, 6.07) is 21.8. The largest absolute Gasteiger partial charge is 0.361 e. The number of para-hydroxylation sites is 3. The van der Waals surface area contributed by atoms with Crippen molar-refractivity contribution >= 4 is 32.7 Å². The summed E-state index contributed by atoms with van der Waals surface area (Å²) in [5, 5.41) is 0. The molecule has 1 aromatic heterocycles. The summed E-state index contributed by atoms with van der Waals surface area (Å²) >= 11 is 0. The van der Waals surface area contributed by atoms with E-state index >= 15 is 0 Å². The molecular weight excluding hydrogens is 500 g/mol. The van der Waals surface area contributed by atoms with E-state index in [2.05, 4.69) is 6.92 Å². The lowest BCUT2D eigenvalue weighted by Crippen LogP contribution is -2.37. The molecule has 0 fully saturated rings. The lowest BCUT2D eigenvalue weighted by molar-refractivity contribution is -0.120. The van der Waals surface area contributed by atoms with Gasteiger partial charge in [-0.3, -0.25) is 9.69 Å². The summed E-state index contributed by atoms with van der Waals surface area (Å²) in [5.74, 6) is 0.318. The van der Waals surface area contributed by atoms with Gasteiger partial charge in [-0.25, -0.2) is 13.4 Å². The van der Waals surface area contributed by atoms with E-state index in [4.69, 9.17) is 9.72 Å². The van der Waals surface area contributed by atoms with Crippen molar-refractivity contribution in [2.24, 2.45) is 0 Å². The summed E-state index contributed by atoms with van der Waals surface area (Å²) in [6.07, 6.45) is 0.772. The van der Waals surface area contributed by atoms with Crippen molar-refractivity contribution in [2.45, 2.75) is 45.2 Å². The second-order valence-corrected chi connectivity index (χ2v) is 11.1. The van der Waals surface area contributed by atoms with E-state index in [1.807, 2.05) is 56.3 Å². The molecule has 9 heteroatoms. The van der Waals surface area contributed by atoms with Crippen LogP contribution < -0.4 is 4.90 Å². The van der Waals surface area contributed by atoms with Gasteiger partial charge in [0, 0.05) is 13.7 Å². The summed E-state index contributed by atoms with van der Waals surface area (Å²) < 4.78 is 35.2. The summed E-state index contributed by atoms with van der Waals surface area (Å²) in [6.45, 7) is 6.53. The highest BCUT2D eigenvalue weighted by molar-refractivity contribution is 7.89. The fraction of sp³-hybridized carbons (Fsp3) is 0.310. The molecule has 200 valence electrons. The monoisotopic (exact) mass is 534 g/mol. The molecule has 0 aliphatic rings. The second kappa shape index (κ2) is 11.9. The number of aryl methyl sites for hydroxylation is 2. The van der Waals surface area contributed by atoms with Crippen LogP contribution in [0.4, 0.5) is 5.69 Å². The van der Waals surface area contributed by atoms with Crippen LogP contribution in [0.25, 0.3) is 11.0 Å². The Bertz CT molecular complexity index is 1520. The number of imidazole rings is 1. The average Bonchev–Trinajstić information content (AvgIpc) is 3.26. The molecule has 0 bridgehead atoms. The van der Waals surface area contributed by atoms with E-state index in [9.17, 15) is 13.2 Å². The van der Waals surface area contributed by atoms with Gasteiger partial charge in [0.05, 0.1) is 28.2 Å². The Labute approximate surface area is 224 Å². The first-order chi connectivity index (χ1) is 18.3. The van der Waals surface area contributed by atoms with Gasteiger partial charge in [0.25, 0.3) is 0 Å². The second-order valence-electron chi connectivity index (χ2n) is 9.06. The lowest BCUT2D eigenvalue weighted by atomic mass is 10.0. The van der Waals surface area contributed by atoms with Crippen molar-refractivity contribution in [1.29, 1.82) is 0 Å². The van der Waals surface area contributed by atoms with Gasteiger partial charge in [-0.1, -0.05) is 55.5 Å². The number of benzene rings is 3. The van der Waals surface area contributed by atoms with E-state index < -0.39 is 10.0 Å². The minimum absolute atomic E-state index is 0.00915. The third-order valence-electron chi connectivity index (χ3n) is 6.54. The fourth-order valence-corrected chi connectivity index (χ4v) is 5.68. The number of fused-ring (bicyclic) bond motifs is 1. The maximum absolute atomic E-state index is 13.9. The van der Waals surface area contributed by atoms with Gasteiger partial charge in [0.15, 0.2) is 0 Å². The van der Waals surface area contributed by atoms with Crippen molar-refractivity contribution in [2.75, 3.05) is 25.3 Å². The van der Waals surface area contributed by atoms with E-state index in [0.29, 0.717) is 17.9 Å². The number of nitrogens with zero attached hydrogens (tertiary/aromatic N) is 4. The first-order valence-electron chi connectivity index (χ1n) is 12.7. The van der Waals surface area contributed by atoms with Crippen LogP contribution >= 0.6 is 0 Å². The minimum Gasteiger partial charge on any atom is -0.361 e. The number of carbonyl (C=O) groups is 1. The van der Waals surface area contributed by atoms with Crippen LogP contribution in [0.2, 0.25) is 0 Å². The number of sulfonamides is 1. The van der Waals surface area contributed by atoms with Gasteiger partial charge in [0.1, 0.15) is 19.1 Å². The molecular formula is C29H34N4O4S. The molecule has 0 spiro atoms. The molecule has 1 amide bonds. The Morgan fingerprint density at radius 1 is 0.974 bits per heavy atom. The third kappa shape index (κ3) is 5.65. The molecule has 3 aromatic carbocycles. The van der Waals surface area contributed by atoms with Gasteiger partial charge in [-0.05, 0) is 55.7 Å². The average molecular weight is 535 g/mol. The number of rotatable bonds is 11. The molecule has 0 saturated heterocycles. The van der Waals surface area contributed by atoms with Crippen molar-refractivity contribution < 1.29 is 17.9 Å². The number of hydrogen-bond acceptors (Lipinski definition) is 5. The Kier molecular flexibility index (Phi) is 8.61. The van der Waals surface area contributed by atoms with Gasteiger partial charge < -0.3 is 9.30 Å². The Balaban J connectivity index is 1.71. The minimum atomic E-state index is -3.74. The summed E-state index contributed by atoms with van der Waals surface area (Å²) in [5.41, 5.74) is 4.35. The molecule has 0 unspecified atom stereocenters. The number of anilines is 1. The SMILES string of the molecule is CCOCN(C(=O)Cn1c(CN(C)S(=O)(=O)c2ccccc2)nc2ccccc21)c1c(C)cccc1CC. The van der Waals surface area contributed by atoms with Gasteiger partial charge in [0.2, 0.25) is 15.9 Å². The highest BCUT2D eigenvalue weighted by Crippen LogP contribution is 2.27. The van der Waals surface area contributed by atoms with E-state index in [0.717, 1.165) is 28.8 Å². The molecule has 8 nitrogen and oxygen atoms in total. The number of amides is 1. The Hall–Kier alpha value is -3.53. The highest BCUT2D eigenvalue weighted by atomic mass is 32.2. The van der Waals surface area contributed by atoms with Crippen LogP contribution in [0.1, 0.15) is 30.8 Å². The van der Waals surface area contributed by atoms with Gasteiger partial charge in [-0.2, -0.15) is 4.31 Å². The van der Waals surface area contributed by atoms with Gasteiger partial charge >= 0.3 is 0 Å². The van der Waals surface area contributed by atoms with Crippen molar-refractivity contribution in [3.05, 3.63) is 89.7 Å². The molecule has 0 radical (unpaired) electrons. The molecule has 0 saturated carbocycles. The van der Waals surface area contributed by atoms with Crippen molar-refractivity contribution in [3.8, 4) is 0 Å². The maximum atomic E-state index is 13.9. The zero-order valence-electron chi connectivity index (χ0n) is 22.3. The zero-order chi connectivity index (χ0) is 27.3. The number of hydrogen-bond donors (Lipinski definition) is 0. The zero-order valence-corrected chi connectivity index (χ0v) is 23.1. The maximum Gasteiger partial charge on any atom is 0.248 e. The topological polar surface area (TPSA) is 84.7 Å². The molecule has 0 aliphatic carbocycles. The smallest absolute Gasteiger partial charge is 0.248 e. The van der Waals surface area contributed by atoms with Crippen LogP contribution in [0.15, 0.2) is 77.7 Å². The predicted molar refractivity (Wildman–Crippen MR) is 149 cm³/mol. The van der Waals surface area contributed by atoms with Crippen LogP contribution in [0.3, 0.4) is 0 Å². The third-order valence-corrected chi connectivity index (χ3v) is 8.36. The van der Waals surface area contributed by atoms with E-state index in [-0.39, 0.29) is 30.6 Å². The van der Waals surface area contributed by atoms with Crippen LogP contribution in [0.5, 0.6) is 0 Å². The number of aromatic nitrogens is 2. The molecule has 0 atom stereocenters. The predicted octanol–water partition coefficient (Wildman–Crippen LogP) is 4.76. The molecule has 0 N–H and O–H groups in total. The highest BCUT2D eigenvalue weighted by Gasteiger charge is 2.26. The normalized spacial score (nSPS) is 11.8. The standard InChI is InChI=1S/C29H34N4O4S/c1-5-23-14-12-13-22(3)29(23)33(21-37-6-2)28(34)20-32-26-18-11-10-17-25(26)30-27(32)19-31(4)38(35,36)24-15-8-7-9-16-24/h7-18H,5-6,19-21H2,1-4H3. The lowest BCUT2D eigenvalue weighted by Gasteiger charge is -2.27. The molecule has 1 heterocycles. The van der Waals surface area contributed by atoms with Crippen molar-refractivity contribution in [3.63, 3.8) is 0 Å². The van der Waals surface area contributed by atoms with Crippen LogP contribution in [-0.2, 0) is 39.1 Å². The van der Waals surface area contributed by atoms with Crippen molar-refractivity contribution in [1.82, 2.24) is 13.9 Å². The van der Waals surface area contributed by atoms with Gasteiger partial charge in [-0.15, -0.1) is 0 Å². The molecule has 4 aromatic rings. The summed E-state index contributed by atoms with van der Waals surface area (Å²) in [4.78, 5) is 20.5. The Morgan fingerprint density at radius 3 is 2.39 bits per heavy atom. The quantitative estimate of drug-likeness (QED) is 0.259. The fourth-order valence-electron chi connectivity index (χ4n) is 4.53. The number of carbonyl (C=O) groups excluding carboxylic acids is 1. The first kappa shape index (κ1) is 27.5. The molecule has 38 heavy (non-hydrogen) atoms. The molecule has 4 rings (SSSR count). The molecule has 0 aliphatic heterocycles. The first-order valence-corrected chi connectivity index (χ1v) is 14.1. The van der Waals surface area contributed by atoms with E-state index in [1.54, 1.807) is 39.8 Å². The van der Waals surface area contributed by atoms with Crippen LogP contribution in [0, 0.1) is 6.92 Å². The number of ether oxygens (including phenoxy) is 1. The summed E-state index contributed by atoms with van der Waals surface area (Å²) in [7, 11) is -2.22.